The van der Waals surface area contributed by atoms with Crippen molar-refractivity contribution in [3.63, 3.8) is 0 Å². The Morgan fingerprint density at radius 1 is 1.30 bits per heavy atom. The average molecular weight is 321 g/mol. The van der Waals surface area contributed by atoms with E-state index in [1.807, 2.05) is 11.6 Å². The predicted octanol–water partition coefficient (Wildman–Crippen LogP) is 1.48. The van der Waals surface area contributed by atoms with E-state index in [9.17, 15) is 14.7 Å². The van der Waals surface area contributed by atoms with Gasteiger partial charge in [0.25, 0.3) is 5.91 Å². The van der Waals surface area contributed by atoms with Gasteiger partial charge >= 0.3 is 5.97 Å². The molecule has 2 fully saturated rings. The molecule has 2 saturated heterocycles. The maximum Gasteiger partial charge on any atom is 0.308 e. The molecule has 0 unspecified atom stereocenters. The fourth-order valence-electron chi connectivity index (χ4n) is 3.46. The summed E-state index contributed by atoms with van der Waals surface area (Å²) >= 11 is 0. The van der Waals surface area contributed by atoms with Crippen LogP contribution in [0.15, 0.2) is 6.20 Å². The molecule has 1 aromatic rings. The zero-order chi connectivity index (χ0) is 16.4. The molecular formula is C16H23N3O4. The Hall–Kier alpha value is -1.89. The number of carbonyl (C=O) groups excluding carboxylic acids is 1. The Labute approximate surface area is 135 Å². The number of likely N-dealkylation sites (tertiary alicyclic amines) is 1. The number of aromatic nitrogens is 2. The van der Waals surface area contributed by atoms with Gasteiger partial charge < -0.3 is 14.7 Å². The van der Waals surface area contributed by atoms with E-state index in [4.69, 9.17) is 4.74 Å². The second-order valence-corrected chi connectivity index (χ2v) is 6.36. The van der Waals surface area contributed by atoms with E-state index in [2.05, 4.69) is 5.10 Å². The zero-order valence-electron chi connectivity index (χ0n) is 13.4. The lowest BCUT2D eigenvalue weighted by molar-refractivity contribution is -0.143. The first-order valence-electron chi connectivity index (χ1n) is 8.22. The third kappa shape index (κ3) is 3.24. The number of nitrogens with zero attached hydrogens (tertiary/aromatic N) is 3. The van der Waals surface area contributed by atoms with Gasteiger partial charge in [-0.05, 0) is 32.6 Å². The molecule has 2 aliphatic rings. The summed E-state index contributed by atoms with van der Waals surface area (Å²) in [7, 11) is 0. The van der Waals surface area contributed by atoms with E-state index >= 15 is 0 Å². The number of piperidine rings is 1. The van der Waals surface area contributed by atoms with E-state index in [0.29, 0.717) is 18.5 Å². The van der Waals surface area contributed by atoms with Crippen molar-refractivity contribution in [2.75, 3.05) is 26.3 Å². The average Bonchev–Trinajstić information content (AvgIpc) is 2.96. The Morgan fingerprint density at radius 3 is 2.74 bits per heavy atom. The van der Waals surface area contributed by atoms with Crippen LogP contribution in [-0.4, -0.2) is 58.0 Å². The summed E-state index contributed by atoms with van der Waals surface area (Å²) in [6, 6.07) is 0.276. The first-order valence-corrected chi connectivity index (χ1v) is 8.22. The van der Waals surface area contributed by atoms with Gasteiger partial charge in [0.15, 0.2) is 0 Å². The molecule has 1 aromatic heterocycles. The van der Waals surface area contributed by atoms with E-state index in [1.54, 1.807) is 11.1 Å². The lowest BCUT2D eigenvalue weighted by atomic mass is 9.97. The summed E-state index contributed by atoms with van der Waals surface area (Å²) in [5.74, 6) is -1.39. The Balaban J connectivity index is 1.74. The largest absolute Gasteiger partial charge is 0.481 e. The predicted molar refractivity (Wildman–Crippen MR) is 82.3 cm³/mol. The number of aliphatic carboxylic acids is 1. The molecule has 0 spiro atoms. The van der Waals surface area contributed by atoms with Gasteiger partial charge in [-0.3, -0.25) is 14.3 Å². The molecule has 3 heterocycles. The van der Waals surface area contributed by atoms with Crippen molar-refractivity contribution in [3.05, 3.63) is 17.5 Å². The fraction of sp³-hybridized carbons (Fsp3) is 0.688. The van der Waals surface area contributed by atoms with Gasteiger partial charge in [0.2, 0.25) is 0 Å². The van der Waals surface area contributed by atoms with Crippen LogP contribution in [0.3, 0.4) is 0 Å². The second kappa shape index (κ2) is 6.70. The van der Waals surface area contributed by atoms with E-state index in [0.717, 1.165) is 38.2 Å². The van der Waals surface area contributed by atoms with Crippen LogP contribution in [-0.2, 0) is 9.53 Å². The van der Waals surface area contributed by atoms with Gasteiger partial charge in [0, 0.05) is 32.0 Å². The Kier molecular flexibility index (Phi) is 4.66. The van der Waals surface area contributed by atoms with Gasteiger partial charge in [0.05, 0.1) is 23.7 Å². The Bertz CT molecular complexity index is 592. The smallest absolute Gasteiger partial charge is 0.308 e. The number of carbonyl (C=O) groups is 2. The van der Waals surface area contributed by atoms with E-state index in [-0.39, 0.29) is 18.5 Å². The highest BCUT2D eigenvalue weighted by molar-refractivity contribution is 5.95. The summed E-state index contributed by atoms with van der Waals surface area (Å²) in [5, 5.41) is 13.6. The fourth-order valence-corrected chi connectivity index (χ4v) is 3.46. The SMILES string of the molecule is Cc1c(C(=O)N2CCC[C@H](C(=O)O)C2)cnn1C1CCOCC1. The highest BCUT2D eigenvalue weighted by Crippen LogP contribution is 2.25. The molecule has 0 aliphatic carbocycles. The molecule has 7 nitrogen and oxygen atoms in total. The minimum absolute atomic E-state index is 0.105. The standard InChI is InChI=1S/C16H23N3O4/c1-11-14(9-17-19(11)13-4-7-23-8-5-13)15(20)18-6-2-3-12(10-18)16(21)22/h9,12-13H,2-8,10H2,1H3,(H,21,22)/t12-/m0/s1. The normalized spacial score (nSPS) is 23.0. The third-order valence-electron chi connectivity index (χ3n) is 4.87. The molecule has 0 radical (unpaired) electrons. The van der Waals surface area contributed by atoms with Crippen molar-refractivity contribution in [3.8, 4) is 0 Å². The molecule has 0 aromatic carbocycles. The van der Waals surface area contributed by atoms with Crippen molar-refractivity contribution in [2.45, 2.75) is 38.6 Å². The first-order chi connectivity index (χ1) is 11.1. The molecule has 1 amide bonds. The topological polar surface area (TPSA) is 84.7 Å². The monoisotopic (exact) mass is 321 g/mol. The number of rotatable bonds is 3. The molecule has 3 rings (SSSR count). The molecule has 1 atom stereocenters. The molecule has 0 saturated carbocycles. The van der Waals surface area contributed by atoms with Gasteiger partial charge in [0.1, 0.15) is 0 Å². The van der Waals surface area contributed by atoms with E-state index in [1.165, 1.54) is 0 Å². The summed E-state index contributed by atoms with van der Waals surface area (Å²) in [6.07, 6.45) is 4.80. The number of amides is 1. The molecule has 126 valence electrons. The van der Waals surface area contributed by atoms with Gasteiger partial charge in [-0.1, -0.05) is 0 Å². The van der Waals surface area contributed by atoms with Crippen molar-refractivity contribution in [2.24, 2.45) is 5.92 Å². The number of hydrogen-bond acceptors (Lipinski definition) is 4. The lowest BCUT2D eigenvalue weighted by Gasteiger charge is -2.30. The maximum atomic E-state index is 12.7. The van der Waals surface area contributed by atoms with Crippen molar-refractivity contribution in [1.82, 2.24) is 14.7 Å². The summed E-state index contributed by atoms with van der Waals surface area (Å²) < 4.78 is 7.30. The second-order valence-electron chi connectivity index (χ2n) is 6.36. The molecule has 0 bridgehead atoms. The third-order valence-corrected chi connectivity index (χ3v) is 4.87. The van der Waals surface area contributed by atoms with Gasteiger partial charge in [-0.2, -0.15) is 5.10 Å². The van der Waals surface area contributed by atoms with Crippen molar-refractivity contribution in [1.29, 1.82) is 0 Å². The molecule has 2 aliphatic heterocycles. The van der Waals surface area contributed by atoms with Crippen LogP contribution in [0.4, 0.5) is 0 Å². The van der Waals surface area contributed by atoms with E-state index < -0.39 is 11.9 Å². The maximum absolute atomic E-state index is 12.7. The lowest BCUT2D eigenvalue weighted by Crippen LogP contribution is -2.42. The summed E-state index contributed by atoms with van der Waals surface area (Å²) in [5.41, 5.74) is 1.45. The number of ether oxygens (including phenoxy) is 1. The number of hydrogen-bond donors (Lipinski definition) is 1. The van der Waals surface area contributed by atoms with Crippen LogP contribution in [0.25, 0.3) is 0 Å². The summed E-state index contributed by atoms with van der Waals surface area (Å²) in [4.78, 5) is 25.6. The zero-order valence-corrected chi connectivity index (χ0v) is 13.4. The van der Waals surface area contributed by atoms with Crippen LogP contribution in [0.1, 0.15) is 47.8 Å². The first kappa shape index (κ1) is 16.0. The van der Waals surface area contributed by atoms with Crippen LogP contribution >= 0.6 is 0 Å². The van der Waals surface area contributed by atoms with Crippen LogP contribution in [0, 0.1) is 12.8 Å². The van der Waals surface area contributed by atoms with Crippen molar-refractivity contribution >= 4 is 11.9 Å². The number of carboxylic acid groups (broad SMARTS) is 1. The van der Waals surface area contributed by atoms with Gasteiger partial charge in [-0.15, -0.1) is 0 Å². The quantitative estimate of drug-likeness (QED) is 0.911. The van der Waals surface area contributed by atoms with Crippen LogP contribution in [0.5, 0.6) is 0 Å². The summed E-state index contributed by atoms with van der Waals surface area (Å²) in [6.45, 7) is 4.26. The van der Waals surface area contributed by atoms with Crippen LogP contribution in [0.2, 0.25) is 0 Å². The van der Waals surface area contributed by atoms with Crippen LogP contribution < -0.4 is 0 Å². The minimum atomic E-state index is -0.822. The molecular weight excluding hydrogens is 298 g/mol. The molecule has 1 N–H and O–H groups in total. The highest BCUT2D eigenvalue weighted by Gasteiger charge is 2.30. The highest BCUT2D eigenvalue weighted by atomic mass is 16.5. The number of carboxylic acids is 1. The van der Waals surface area contributed by atoms with Crippen molar-refractivity contribution < 1.29 is 19.4 Å². The molecule has 23 heavy (non-hydrogen) atoms. The minimum Gasteiger partial charge on any atom is -0.481 e. The Morgan fingerprint density at radius 2 is 2.04 bits per heavy atom. The molecule has 7 heteroatoms. The van der Waals surface area contributed by atoms with Gasteiger partial charge in [-0.25, -0.2) is 0 Å².